The molecule has 0 fully saturated rings. The SMILES string of the molecule is NC(=O)c1cc(Sc2ccccn2)ccc1N. The smallest absolute Gasteiger partial charge is 0.250 e. The average Bonchev–Trinajstić information content (AvgIpc) is 2.32. The zero-order valence-electron chi connectivity index (χ0n) is 8.96. The second-order valence-electron chi connectivity index (χ2n) is 3.38. The van der Waals surface area contributed by atoms with Crippen LogP contribution >= 0.6 is 11.8 Å². The number of nitrogens with two attached hydrogens (primary N) is 2. The summed E-state index contributed by atoms with van der Waals surface area (Å²) in [4.78, 5) is 16.2. The number of anilines is 1. The molecule has 0 saturated heterocycles. The van der Waals surface area contributed by atoms with Crippen LogP contribution in [0.5, 0.6) is 0 Å². The van der Waals surface area contributed by atoms with Gasteiger partial charge in [-0.05, 0) is 30.3 Å². The number of carbonyl (C=O) groups is 1. The lowest BCUT2D eigenvalue weighted by Crippen LogP contribution is -2.13. The maximum Gasteiger partial charge on any atom is 0.250 e. The van der Waals surface area contributed by atoms with Crippen LogP contribution < -0.4 is 11.5 Å². The van der Waals surface area contributed by atoms with Gasteiger partial charge < -0.3 is 11.5 Å². The standard InChI is InChI=1S/C12H11N3OS/c13-10-5-4-8(7-9(10)12(14)16)17-11-3-1-2-6-15-11/h1-7H,13H2,(H2,14,16). The molecule has 0 bridgehead atoms. The molecule has 2 aromatic rings. The van der Waals surface area contributed by atoms with E-state index in [0.717, 1.165) is 9.92 Å². The molecule has 0 aliphatic carbocycles. The molecule has 0 aliphatic rings. The van der Waals surface area contributed by atoms with E-state index in [1.807, 2.05) is 24.3 Å². The van der Waals surface area contributed by atoms with E-state index in [4.69, 9.17) is 11.5 Å². The van der Waals surface area contributed by atoms with Crippen LogP contribution in [-0.2, 0) is 0 Å². The van der Waals surface area contributed by atoms with Gasteiger partial charge in [-0.15, -0.1) is 0 Å². The first-order chi connectivity index (χ1) is 8.16. The molecule has 17 heavy (non-hydrogen) atoms. The number of pyridine rings is 1. The largest absolute Gasteiger partial charge is 0.398 e. The molecule has 4 N–H and O–H groups in total. The van der Waals surface area contributed by atoms with Gasteiger partial charge in [0.25, 0.3) is 5.91 Å². The summed E-state index contributed by atoms with van der Waals surface area (Å²) < 4.78 is 0. The first kappa shape index (κ1) is 11.5. The number of hydrogen-bond acceptors (Lipinski definition) is 4. The number of hydrogen-bond donors (Lipinski definition) is 2. The summed E-state index contributed by atoms with van der Waals surface area (Å²) in [6.45, 7) is 0. The number of primary amides is 1. The van der Waals surface area contributed by atoms with Gasteiger partial charge in [0.2, 0.25) is 0 Å². The Balaban J connectivity index is 2.29. The minimum atomic E-state index is -0.522. The van der Waals surface area contributed by atoms with Crippen LogP contribution in [0.2, 0.25) is 0 Å². The van der Waals surface area contributed by atoms with Gasteiger partial charge in [-0.2, -0.15) is 0 Å². The van der Waals surface area contributed by atoms with Crippen LogP contribution in [-0.4, -0.2) is 10.9 Å². The van der Waals surface area contributed by atoms with Gasteiger partial charge in [-0.3, -0.25) is 4.79 Å². The Labute approximate surface area is 103 Å². The molecule has 86 valence electrons. The van der Waals surface area contributed by atoms with Crippen molar-refractivity contribution >= 4 is 23.4 Å². The van der Waals surface area contributed by atoms with Crippen LogP contribution in [0.1, 0.15) is 10.4 Å². The van der Waals surface area contributed by atoms with Gasteiger partial charge in [-0.25, -0.2) is 4.98 Å². The normalized spacial score (nSPS) is 10.1. The molecule has 0 saturated carbocycles. The van der Waals surface area contributed by atoms with Crippen LogP contribution in [0.3, 0.4) is 0 Å². The van der Waals surface area contributed by atoms with E-state index in [1.54, 1.807) is 18.3 Å². The molecule has 0 spiro atoms. The van der Waals surface area contributed by atoms with Gasteiger partial charge in [0, 0.05) is 16.8 Å². The molecule has 5 heteroatoms. The Hall–Kier alpha value is -2.01. The van der Waals surface area contributed by atoms with Crippen LogP contribution in [0.15, 0.2) is 52.5 Å². The molecule has 0 unspecified atom stereocenters. The fourth-order valence-electron chi connectivity index (χ4n) is 1.34. The highest BCUT2D eigenvalue weighted by molar-refractivity contribution is 7.99. The van der Waals surface area contributed by atoms with E-state index in [2.05, 4.69) is 4.98 Å². The minimum Gasteiger partial charge on any atom is -0.398 e. The van der Waals surface area contributed by atoms with Gasteiger partial charge >= 0.3 is 0 Å². The molecule has 0 radical (unpaired) electrons. The zero-order valence-corrected chi connectivity index (χ0v) is 9.78. The first-order valence-corrected chi connectivity index (χ1v) is 5.76. The van der Waals surface area contributed by atoms with Gasteiger partial charge in [0.15, 0.2) is 0 Å². The summed E-state index contributed by atoms with van der Waals surface area (Å²) in [6, 6.07) is 10.8. The Kier molecular flexibility index (Phi) is 3.30. The topological polar surface area (TPSA) is 82.0 Å². The van der Waals surface area contributed by atoms with E-state index in [-0.39, 0.29) is 0 Å². The van der Waals surface area contributed by atoms with Crippen molar-refractivity contribution in [3.05, 3.63) is 48.2 Å². The highest BCUT2D eigenvalue weighted by Gasteiger charge is 2.07. The lowest BCUT2D eigenvalue weighted by molar-refractivity contribution is 0.100. The fourth-order valence-corrected chi connectivity index (χ4v) is 2.16. The summed E-state index contributed by atoms with van der Waals surface area (Å²) in [5, 5.41) is 0.854. The van der Waals surface area contributed by atoms with Crippen molar-refractivity contribution in [2.24, 2.45) is 5.73 Å². The molecule has 4 nitrogen and oxygen atoms in total. The van der Waals surface area contributed by atoms with Crippen molar-refractivity contribution in [1.82, 2.24) is 4.98 Å². The van der Waals surface area contributed by atoms with Crippen LogP contribution in [0.4, 0.5) is 5.69 Å². The van der Waals surface area contributed by atoms with E-state index in [1.165, 1.54) is 11.8 Å². The minimum absolute atomic E-state index is 0.339. The lowest BCUT2D eigenvalue weighted by Gasteiger charge is -2.05. The van der Waals surface area contributed by atoms with Crippen molar-refractivity contribution in [2.75, 3.05) is 5.73 Å². The maximum absolute atomic E-state index is 11.1. The van der Waals surface area contributed by atoms with Gasteiger partial charge in [0.05, 0.1) is 5.56 Å². The quantitative estimate of drug-likeness (QED) is 0.809. The van der Waals surface area contributed by atoms with Crippen molar-refractivity contribution in [1.29, 1.82) is 0 Å². The van der Waals surface area contributed by atoms with E-state index >= 15 is 0 Å². The zero-order chi connectivity index (χ0) is 12.3. The van der Waals surface area contributed by atoms with Crippen molar-refractivity contribution in [3.63, 3.8) is 0 Å². The number of nitrogen functional groups attached to an aromatic ring is 1. The van der Waals surface area contributed by atoms with Crippen molar-refractivity contribution in [3.8, 4) is 0 Å². The third-order valence-electron chi connectivity index (χ3n) is 2.15. The Bertz CT molecular complexity index is 543. The predicted molar refractivity (Wildman–Crippen MR) is 67.7 cm³/mol. The molecule has 1 heterocycles. The molecule has 2 rings (SSSR count). The molecule has 0 aliphatic heterocycles. The third kappa shape index (κ3) is 2.76. The Morgan fingerprint density at radius 1 is 1.24 bits per heavy atom. The van der Waals surface area contributed by atoms with Crippen LogP contribution in [0.25, 0.3) is 0 Å². The summed E-state index contributed by atoms with van der Waals surface area (Å²) >= 11 is 1.45. The number of benzene rings is 1. The summed E-state index contributed by atoms with van der Waals surface area (Å²) in [6.07, 6.45) is 1.72. The number of amides is 1. The monoisotopic (exact) mass is 245 g/mol. The van der Waals surface area contributed by atoms with Crippen LogP contribution in [0, 0.1) is 0 Å². The Morgan fingerprint density at radius 3 is 2.71 bits per heavy atom. The highest BCUT2D eigenvalue weighted by Crippen LogP contribution is 2.28. The summed E-state index contributed by atoms with van der Waals surface area (Å²) in [5.41, 5.74) is 11.6. The van der Waals surface area contributed by atoms with Gasteiger partial charge in [-0.1, -0.05) is 17.8 Å². The molecule has 0 atom stereocenters. The third-order valence-corrected chi connectivity index (χ3v) is 3.09. The Morgan fingerprint density at radius 2 is 2.06 bits per heavy atom. The molecule has 1 aromatic carbocycles. The number of aromatic nitrogens is 1. The van der Waals surface area contributed by atoms with E-state index < -0.39 is 5.91 Å². The molecule has 1 amide bonds. The molecular weight excluding hydrogens is 234 g/mol. The lowest BCUT2D eigenvalue weighted by atomic mass is 10.2. The number of rotatable bonds is 3. The number of nitrogens with zero attached hydrogens (tertiary/aromatic N) is 1. The van der Waals surface area contributed by atoms with Gasteiger partial charge in [0.1, 0.15) is 5.03 Å². The van der Waals surface area contributed by atoms with E-state index in [0.29, 0.717) is 11.3 Å². The molecule has 1 aromatic heterocycles. The van der Waals surface area contributed by atoms with Crippen molar-refractivity contribution in [2.45, 2.75) is 9.92 Å². The average molecular weight is 245 g/mol. The summed E-state index contributed by atoms with van der Waals surface area (Å²) in [7, 11) is 0. The van der Waals surface area contributed by atoms with Crippen molar-refractivity contribution < 1.29 is 4.79 Å². The fraction of sp³-hybridized carbons (Fsp3) is 0. The van der Waals surface area contributed by atoms with E-state index in [9.17, 15) is 4.79 Å². The second kappa shape index (κ2) is 4.88. The molecular formula is C12H11N3OS. The summed E-state index contributed by atoms with van der Waals surface area (Å²) in [5.74, 6) is -0.522. The maximum atomic E-state index is 11.1. The second-order valence-corrected chi connectivity index (χ2v) is 4.48. The number of carbonyl (C=O) groups excluding carboxylic acids is 1. The highest BCUT2D eigenvalue weighted by atomic mass is 32.2. The first-order valence-electron chi connectivity index (χ1n) is 4.95. The predicted octanol–water partition coefficient (Wildman–Crippen LogP) is 1.91.